The molecule has 3 heterocycles. The van der Waals surface area contributed by atoms with E-state index in [0.717, 1.165) is 30.2 Å². The van der Waals surface area contributed by atoms with Crippen LogP contribution in [0.25, 0.3) is 4.96 Å². The van der Waals surface area contributed by atoms with Crippen molar-refractivity contribution in [2.75, 3.05) is 24.5 Å². The quantitative estimate of drug-likeness (QED) is 0.792. The highest BCUT2D eigenvalue weighted by atomic mass is 32.1. The Morgan fingerprint density at radius 2 is 2.21 bits per heavy atom. The van der Waals surface area contributed by atoms with Gasteiger partial charge in [0.1, 0.15) is 11.5 Å². The van der Waals surface area contributed by atoms with Gasteiger partial charge in [-0.05, 0) is 36.6 Å². The van der Waals surface area contributed by atoms with Crippen molar-refractivity contribution in [2.24, 2.45) is 5.92 Å². The molecule has 1 N–H and O–H groups in total. The Bertz CT molecular complexity index is 828. The average Bonchev–Trinajstić information content (AvgIpc) is 3.29. The van der Waals surface area contributed by atoms with Gasteiger partial charge in [0.05, 0.1) is 0 Å². The minimum atomic E-state index is -0.221. The predicted octanol–water partition coefficient (Wildman–Crippen LogP) is 2.79. The summed E-state index contributed by atoms with van der Waals surface area (Å²) in [6.07, 6.45) is 4.65. The molecule has 1 aromatic carbocycles. The lowest BCUT2D eigenvalue weighted by molar-refractivity contribution is 0.0944. The van der Waals surface area contributed by atoms with Crippen LogP contribution < -0.4 is 10.2 Å². The second-order valence-electron chi connectivity index (χ2n) is 6.01. The van der Waals surface area contributed by atoms with Gasteiger partial charge < -0.3 is 10.2 Å². The number of hydrogen-bond acceptors (Lipinski definition) is 4. The molecule has 1 saturated heterocycles. The number of halogens is 1. The monoisotopic (exact) mass is 344 g/mol. The van der Waals surface area contributed by atoms with E-state index in [-0.39, 0.29) is 11.7 Å². The summed E-state index contributed by atoms with van der Waals surface area (Å²) in [6.45, 7) is 2.41. The third-order valence-corrected chi connectivity index (χ3v) is 5.13. The number of nitrogens with one attached hydrogen (secondary N) is 1. The van der Waals surface area contributed by atoms with Crippen molar-refractivity contribution in [1.82, 2.24) is 14.7 Å². The Balaban J connectivity index is 1.32. The molecule has 24 heavy (non-hydrogen) atoms. The molecule has 0 saturated carbocycles. The minimum absolute atomic E-state index is 0.133. The van der Waals surface area contributed by atoms with E-state index in [9.17, 15) is 9.18 Å². The van der Waals surface area contributed by atoms with E-state index < -0.39 is 0 Å². The molecule has 1 fully saturated rings. The number of amides is 1. The number of carbonyl (C=O) groups excluding carboxylic acids is 1. The van der Waals surface area contributed by atoms with Gasteiger partial charge in [-0.15, -0.1) is 11.3 Å². The first-order valence-electron chi connectivity index (χ1n) is 7.90. The van der Waals surface area contributed by atoms with Crippen molar-refractivity contribution in [3.05, 3.63) is 53.6 Å². The van der Waals surface area contributed by atoms with Crippen molar-refractivity contribution in [3.63, 3.8) is 0 Å². The van der Waals surface area contributed by atoms with Gasteiger partial charge in [0.25, 0.3) is 5.91 Å². The molecule has 1 aliphatic heterocycles. The molecule has 0 spiro atoms. The number of hydrogen-bond donors (Lipinski definition) is 1. The number of carbonyl (C=O) groups is 1. The number of nitrogens with zero attached hydrogens (tertiary/aromatic N) is 3. The Hall–Kier alpha value is -2.41. The third kappa shape index (κ3) is 2.99. The molecule has 0 radical (unpaired) electrons. The molecule has 1 amide bonds. The summed E-state index contributed by atoms with van der Waals surface area (Å²) in [6, 6.07) is 6.56. The van der Waals surface area contributed by atoms with Crippen LogP contribution in [0.5, 0.6) is 0 Å². The zero-order valence-corrected chi connectivity index (χ0v) is 13.8. The summed E-state index contributed by atoms with van der Waals surface area (Å²) in [5.74, 6) is 0.0376. The van der Waals surface area contributed by atoms with Crippen LogP contribution in [0.3, 0.4) is 0 Å². The molecule has 2 aromatic heterocycles. The Morgan fingerprint density at radius 3 is 3.00 bits per heavy atom. The fraction of sp³-hybridized carbons (Fsp3) is 0.294. The number of imidazole rings is 1. The maximum absolute atomic E-state index is 13.0. The lowest BCUT2D eigenvalue weighted by Gasteiger charge is -2.18. The molecule has 1 unspecified atom stereocenters. The number of benzene rings is 1. The molecule has 0 aliphatic carbocycles. The van der Waals surface area contributed by atoms with Crippen LogP contribution in [-0.4, -0.2) is 34.9 Å². The molecular weight excluding hydrogens is 327 g/mol. The van der Waals surface area contributed by atoms with Crippen molar-refractivity contribution in [2.45, 2.75) is 6.42 Å². The van der Waals surface area contributed by atoms with Crippen molar-refractivity contribution in [1.29, 1.82) is 0 Å². The van der Waals surface area contributed by atoms with E-state index in [4.69, 9.17) is 0 Å². The summed E-state index contributed by atoms with van der Waals surface area (Å²) in [7, 11) is 0. The molecule has 4 rings (SSSR count). The first-order valence-corrected chi connectivity index (χ1v) is 8.78. The second-order valence-corrected chi connectivity index (χ2v) is 6.88. The minimum Gasteiger partial charge on any atom is -0.371 e. The zero-order chi connectivity index (χ0) is 16.5. The maximum atomic E-state index is 13.0. The lowest BCUT2D eigenvalue weighted by atomic mass is 10.1. The van der Waals surface area contributed by atoms with Gasteiger partial charge >= 0.3 is 0 Å². The summed E-state index contributed by atoms with van der Waals surface area (Å²) in [5, 5.41) is 4.91. The SMILES string of the molecule is O=C(NCC1CCN(c2ccc(F)cc2)C1)c1cn2ccsc2n1. The van der Waals surface area contributed by atoms with Gasteiger partial charge in [0.15, 0.2) is 4.96 Å². The third-order valence-electron chi connectivity index (χ3n) is 4.35. The van der Waals surface area contributed by atoms with Crippen LogP contribution in [0, 0.1) is 11.7 Å². The zero-order valence-electron chi connectivity index (χ0n) is 13.0. The Kier molecular flexibility index (Phi) is 3.93. The summed E-state index contributed by atoms with van der Waals surface area (Å²) in [5.41, 5.74) is 1.48. The van der Waals surface area contributed by atoms with Crippen LogP contribution >= 0.6 is 11.3 Å². The molecule has 1 aliphatic rings. The van der Waals surface area contributed by atoms with E-state index in [1.54, 1.807) is 18.3 Å². The largest absolute Gasteiger partial charge is 0.371 e. The first-order chi connectivity index (χ1) is 11.7. The molecule has 124 valence electrons. The van der Waals surface area contributed by atoms with E-state index >= 15 is 0 Å². The highest BCUT2D eigenvalue weighted by Gasteiger charge is 2.23. The van der Waals surface area contributed by atoms with Gasteiger partial charge in [-0.3, -0.25) is 9.20 Å². The topological polar surface area (TPSA) is 49.6 Å². The Morgan fingerprint density at radius 1 is 1.38 bits per heavy atom. The van der Waals surface area contributed by atoms with E-state index in [1.807, 2.05) is 16.0 Å². The van der Waals surface area contributed by atoms with E-state index in [0.29, 0.717) is 18.2 Å². The standard InChI is InChI=1S/C17H17FN4OS/c18-13-1-3-14(4-2-13)21-6-5-12(10-21)9-19-16(23)15-11-22-7-8-24-17(22)20-15/h1-4,7-8,11-12H,5-6,9-10H2,(H,19,23). The summed E-state index contributed by atoms with van der Waals surface area (Å²) in [4.78, 5) is 19.6. The molecule has 1 atom stereocenters. The highest BCUT2D eigenvalue weighted by Crippen LogP contribution is 2.23. The van der Waals surface area contributed by atoms with Gasteiger partial charge in [-0.25, -0.2) is 9.37 Å². The van der Waals surface area contributed by atoms with Crippen LogP contribution in [0.2, 0.25) is 0 Å². The van der Waals surface area contributed by atoms with Gasteiger partial charge in [0, 0.05) is 43.1 Å². The van der Waals surface area contributed by atoms with Crippen molar-refractivity contribution in [3.8, 4) is 0 Å². The van der Waals surface area contributed by atoms with E-state index in [2.05, 4.69) is 15.2 Å². The first kappa shape index (κ1) is 15.1. The number of rotatable bonds is 4. The number of aromatic nitrogens is 2. The van der Waals surface area contributed by atoms with Crippen molar-refractivity contribution < 1.29 is 9.18 Å². The lowest BCUT2D eigenvalue weighted by Crippen LogP contribution is -2.31. The van der Waals surface area contributed by atoms with Crippen LogP contribution in [0.4, 0.5) is 10.1 Å². The normalized spacial score (nSPS) is 17.5. The second kappa shape index (κ2) is 6.24. The number of thiazole rings is 1. The molecule has 3 aromatic rings. The summed E-state index contributed by atoms with van der Waals surface area (Å²) < 4.78 is 14.9. The summed E-state index contributed by atoms with van der Waals surface area (Å²) >= 11 is 1.51. The van der Waals surface area contributed by atoms with Gasteiger partial charge in [-0.1, -0.05) is 0 Å². The average molecular weight is 344 g/mol. The molecular formula is C17H17FN4OS. The fourth-order valence-corrected chi connectivity index (χ4v) is 3.75. The maximum Gasteiger partial charge on any atom is 0.271 e. The highest BCUT2D eigenvalue weighted by molar-refractivity contribution is 7.15. The fourth-order valence-electron chi connectivity index (χ4n) is 3.05. The van der Waals surface area contributed by atoms with E-state index in [1.165, 1.54) is 23.5 Å². The van der Waals surface area contributed by atoms with Crippen LogP contribution in [0.15, 0.2) is 42.0 Å². The number of anilines is 1. The molecule has 0 bridgehead atoms. The molecule has 7 heteroatoms. The predicted molar refractivity (Wildman–Crippen MR) is 92.1 cm³/mol. The van der Waals surface area contributed by atoms with Gasteiger partial charge in [-0.2, -0.15) is 0 Å². The Labute approximate surface area is 142 Å². The van der Waals surface area contributed by atoms with Gasteiger partial charge in [0.2, 0.25) is 0 Å². The number of fused-ring (bicyclic) bond motifs is 1. The van der Waals surface area contributed by atoms with Crippen LogP contribution in [-0.2, 0) is 0 Å². The van der Waals surface area contributed by atoms with Crippen LogP contribution in [0.1, 0.15) is 16.9 Å². The molecule has 5 nitrogen and oxygen atoms in total. The van der Waals surface area contributed by atoms with Crippen molar-refractivity contribution >= 4 is 27.9 Å². The smallest absolute Gasteiger partial charge is 0.271 e.